The number of piperazine rings is 1. The van der Waals surface area contributed by atoms with Crippen molar-refractivity contribution in [1.82, 2.24) is 14.9 Å². The van der Waals surface area contributed by atoms with E-state index in [1.54, 1.807) is 14.2 Å². The van der Waals surface area contributed by atoms with Gasteiger partial charge in [-0.15, -0.1) is 24.8 Å². The quantitative estimate of drug-likeness (QED) is 0.636. The van der Waals surface area contributed by atoms with Crippen molar-refractivity contribution in [1.29, 1.82) is 0 Å². The Kier molecular flexibility index (Phi) is 8.34. The minimum absolute atomic E-state index is 0. The second kappa shape index (κ2) is 10.5. The Morgan fingerprint density at radius 2 is 1.53 bits per heavy atom. The Labute approximate surface area is 189 Å². The van der Waals surface area contributed by atoms with Crippen molar-refractivity contribution in [2.75, 3.05) is 51.0 Å². The lowest BCUT2D eigenvalue weighted by Gasteiger charge is -2.34. The van der Waals surface area contributed by atoms with E-state index in [4.69, 9.17) is 20.2 Å². The minimum Gasteiger partial charge on any atom is -0.493 e. The number of nitrogens with two attached hydrogens (primary N) is 1. The third-order valence-corrected chi connectivity index (χ3v) is 5.12. The molecule has 162 valence electrons. The second-order valence-corrected chi connectivity index (χ2v) is 6.88. The molecule has 1 aliphatic rings. The number of hydrogen-bond acceptors (Lipinski definition) is 7. The van der Waals surface area contributed by atoms with Crippen LogP contribution in [0.15, 0.2) is 42.5 Å². The van der Waals surface area contributed by atoms with Crippen molar-refractivity contribution < 1.29 is 9.47 Å². The minimum atomic E-state index is 0. The van der Waals surface area contributed by atoms with E-state index in [2.05, 4.69) is 39.0 Å². The molecule has 30 heavy (non-hydrogen) atoms. The molecule has 1 saturated heterocycles. The number of halogens is 2. The number of benzene rings is 2. The molecular formula is C21H27Cl2N5O2. The van der Waals surface area contributed by atoms with E-state index in [9.17, 15) is 0 Å². The molecule has 0 saturated carbocycles. The SMILES string of the molecule is COc1cc2nc(N3CCN(Cc4ccccc4)CC3)nc(N)c2cc1OC.Cl.Cl. The Balaban J connectivity index is 0.00000160. The van der Waals surface area contributed by atoms with Gasteiger partial charge in [-0.05, 0) is 11.6 Å². The Bertz CT molecular complexity index is 967. The van der Waals surface area contributed by atoms with Crippen molar-refractivity contribution in [3.05, 3.63) is 48.0 Å². The summed E-state index contributed by atoms with van der Waals surface area (Å²) >= 11 is 0. The molecule has 7 nitrogen and oxygen atoms in total. The summed E-state index contributed by atoms with van der Waals surface area (Å²) in [5.74, 6) is 2.36. The lowest BCUT2D eigenvalue weighted by Crippen LogP contribution is -2.46. The predicted octanol–water partition coefficient (Wildman–Crippen LogP) is 3.40. The second-order valence-electron chi connectivity index (χ2n) is 6.88. The van der Waals surface area contributed by atoms with Crippen molar-refractivity contribution >= 4 is 47.5 Å². The molecule has 0 unspecified atom stereocenters. The average Bonchev–Trinajstić information content (AvgIpc) is 2.74. The highest BCUT2D eigenvalue weighted by Crippen LogP contribution is 2.34. The van der Waals surface area contributed by atoms with Crippen molar-refractivity contribution in [3.63, 3.8) is 0 Å². The molecule has 0 spiro atoms. The summed E-state index contributed by atoms with van der Waals surface area (Å²) in [5.41, 5.74) is 8.32. The maximum Gasteiger partial charge on any atom is 0.227 e. The van der Waals surface area contributed by atoms with Crippen LogP contribution in [-0.4, -0.2) is 55.3 Å². The molecule has 0 amide bonds. The molecule has 2 aromatic carbocycles. The van der Waals surface area contributed by atoms with E-state index in [1.165, 1.54) is 5.56 Å². The van der Waals surface area contributed by atoms with E-state index >= 15 is 0 Å². The maximum absolute atomic E-state index is 6.22. The van der Waals surface area contributed by atoms with Gasteiger partial charge in [0.15, 0.2) is 11.5 Å². The third-order valence-electron chi connectivity index (χ3n) is 5.12. The lowest BCUT2D eigenvalue weighted by molar-refractivity contribution is 0.249. The first-order valence-electron chi connectivity index (χ1n) is 9.38. The predicted molar refractivity (Wildman–Crippen MR) is 125 cm³/mol. The number of rotatable bonds is 5. The van der Waals surface area contributed by atoms with Gasteiger partial charge < -0.3 is 20.1 Å². The van der Waals surface area contributed by atoms with Gasteiger partial charge in [0.25, 0.3) is 0 Å². The normalized spacial score (nSPS) is 14.0. The van der Waals surface area contributed by atoms with Crippen LogP contribution in [0.4, 0.5) is 11.8 Å². The monoisotopic (exact) mass is 451 g/mol. The van der Waals surface area contributed by atoms with Crippen molar-refractivity contribution in [2.45, 2.75) is 6.54 Å². The molecular weight excluding hydrogens is 425 g/mol. The van der Waals surface area contributed by atoms with Gasteiger partial charge in [-0.25, -0.2) is 4.98 Å². The summed E-state index contributed by atoms with van der Waals surface area (Å²) in [5, 5.41) is 0.768. The van der Waals surface area contributed by atoms with Gasteiger partial charge in [0.05, 0.1) is 19.7 Å². The van der Waals surface area contributed by atoms with Gasteiger partial charge in [0.2, 0.25) is 5.95 Å². The first kappa shape index (κ1) is 23.8. The summed E-state index contributed by atoms with van der Waals surface area (Å²) in [6.07, 6.45) is 0. The summed E-state index contributed by atoms with van der Waals surface area (Å²) in [6, 6.07) is 14.2. The van der Waals surface area contributed by atoms with Crippen LogP contribution in [0.2, 0.25) is 0 Å². The molecule has 9 heteroatoms. The van der Waals surface area contributed by atoms with Gasteiger partial charge in [-0.1, -0.05) is 30.3 Å². The lowest BCUT2D eigenvalue weighted by atomic mass is 10.2. The third kappa shape index (κ3) is 4.98. The van der Waals surface area contributed by atoms with Crippen LogP contribution in [0.5, 0.6) is 11.5 Å². The maximum atomic E-state index is 6.22. The molecule has 0 atom stereocenters. The molecule has 1 fully saturated rings. The fraction of sp³-hybridized carbons (Fsp3) is 0.333. The highest BCUT2D eigenvalue weighted by Gasteiger charge is 2.21. The number of fused-ring (bicyclic) bond motifs is 1. The summed E-state index contributed by atoms with van der Waals surface area (Å²) in [7, 11) is 3.21. The number of nitrogen functional groups attached to an aromatic ring is 1. The van der Waals surface area contributed by atoms with Crippen molar-refractivity contribution in [2.24, 2.45) is 0 Å². The van der Waals surface area contributed by atoms with E-state index < -0.39 is 0 Å². The zero-order chi connectivity index (χ0) is 19.5. The standard InChI is InChI=1S/C21H25N5O2.2ClH/c1-27-18-12-16-17(13-19(18)28-2)23-21(24-20(16)22)26-10-8-25(9-11-26)14-15-6-4-3-5-7-15;;/h3-7,12-13H,8-11,14H2,1-2H3,(H2,22,23,24);2*1H. The van der Waals surface area contributed by atoms with Gasteiger partial charge in [-0.2, -0.15) is 4.98 Å². The van der Waals surface area contributed by atoms with Crippen molar-refractivity contribution in [3.8, 4) is 11.5 Å². The van der Waals surface area contributed by atoms with E-state index in [-0.39, 0.29) is 24.8 Å². The van der Waals surface area contributed by atoms with Gasteiger partial charge >= 0.3 is 0 Å². The van der Waals surface area contributed by atoms with Crippen LogP contribution in [0.3, 0.4) is 0 Å². The number of nitrogens with zero attached hydrogens (tertiary/aromatic N) is 4. The Morgan fingerprint density at radius 1 is 0.900 bits per heavy atom. The number of methoxy groups -OCH3 is 2. The average molecular weight is 452 g/mol. The molecule has 2 N–H and O–H groups in total. The molecule has 0 bridgehead atoms. The highest BCUT2D eigenvalue weighted by molar-refractivity contribution is 5.91. The fourth-order valence-electron chi connectivity index (χ4n) is 3.56. The van der Waals surface area contributed by atoms with Crippen LogP contribution in [-0.2, 0) is 6.54 Å². The fourth-order valence-corrected chi connectivity index (χ4v) is 3.56. The summed E-state index contributed by atoms with van der Waals surface area (Å²) in [4.78, 5) is 13.9. The molecule has 2 heterocycles. The van der Waals surface area contributed by atoms with Crippen LogP contribution < -0.4 is 20.1 Å². The van der Waals surface area contributed by atoms with Crippen LogP contribution in [0.25, 0.3) is 10.9 Å². The smallest absolute Gasteiger partial charge is 0.227 e. The van der Waals surface area contributed by atoms with Crippen LogP contribution >= 0.6 is 24.8 Å². The number of hydrogen-bond donors (Lipinski definition) is 1. The van der Waals surface area contributed by atoms with Gasteiger partial charge in [0, 0.05) is 44.2 Å². The summed E-state index contributed by atoms with van der Waals surface area (Å²) in [6.45, 7) is 4.62. The van der Waals surface area contributed by atoms with Gasteiger partial charge in [0.1, 0.15) is 5.82 Å². The zero-order valence-electron chi connectivity index (χ0n) is 17.1. The topological polar surface area (TPSA) is 76.7 Å². The molecule has 4 rings (SSSR count). The number of ether oxygens (including phenoxy) is 2. The molecule has 3 aromatic rings. The van der Waals surface area contributed by atoms with Crippen LogP contribution in [0, 0.1) is 0 Å². The largest absolute Gasteiger partial charge is 0.493 e. The van der Waals surface area contributed by atoms with Gasteiger partial charge in [-0.3, -0.25) is 4.90 Å². The van der Waals surface area contributed by atoms with E-state index in [0.29, 0.717) is 23.3 Å². The molecule has 0 radical (unpaired) electrons. The first-order valence-corrected chi connectivity index (χ1v) is 9.38. The highest BCUT2D eigenvalue weighted by atomic mass is 35.5. The molecule has 0 aliphatic carbocycles. The zero-order valence-corrected chi connectivity index (χ0v) is 18.7. The van der Waals surface area contributed by atoms with Crippen LogP contribution in [0.1, 0.15) is 5.56 Å². The van der Waals surface area contributed by atoms with E-state index in [0.717, 1.165) is 43.6 Å². The first-order chi connectivity index (χ1) is 13.7. The molecule has 1 aliphatic heterocycles. The number of anilines is 2. The molecule has 1 aromatic heterocycles. The van der Waals surface area contributed by atoms with E-state index in [1.807, 2.05) is 18.2 Å². The summed E-state index contributed by atoms with van der Waals surface area (Å²) < 4.78 is 10.7. The number of aromatic nitrogens is 2. The Hall–Kier alpha value is -2.48. The Morgan fingerprint density at radius 3 is 2.17 bits per heavy atom.